The van der Waals surface area contributed by atoms with Crippen molar-refractivity contribution in [1.29, 1.82) is 0 Å². The Morgan fingerprint density at radius 1 is 1.50 bits per heavy atom. The lowest BCUT2D eigenvalue weighted by molar-refractivity contribution is -0.131. The molecule has 0 spiro atoms. The lowest BCUT2D eigenvalue weighted by Crippen LogP contribution is -1.86. The Hall–Kier alpha value is -1.36. The van der Waals surface area contributed by atoms with Crippen molar-refractivity contribution in [2.75, 3.05) is 0 Å². The van der Waals surface area contributed by atoms with Crippen LogP contribution in [0.5, 0.6) is 5.75 Å². The molecule has 5 heteroatoms. The van der Waals surface area contributed by atoms with Crippen LogP contribution in [0.1, 0.15) is 5.56 Å². The van der Waals surface area contributed by atoms with Crippen molar-refractivity contribution in [2.24, 2.45) is 0 Å². The Kier molecular flexibility index (Phi) is 3.24. The van der Waals surface area contributed by atoms with Gasteiger partial charge in [-0.25, -0.2) is 9.18 Å². The van der Waals surface area contributed by atoms with Gasteiger partial charge in [0.1, 0.15) is 11.6 Å². The average molecular weight is 261 g/mol. The van der Waals surface area contributed by atoms with Gasteiger partial charge in [-0.1, -0.05) is 0 Å². The first-order valence-corrected chi connectivity index (χ1v) is 4.39. The van der Waals surface area contributed by atoms with Gasteiger partial charge in [-0.15, -0.1) is 0 Å². The van der Waals surface area contributed by atoms with Crippen LogP contribution in [-0.4, -0.2) is 16.2 Å². The first kappa shape index (κ1) is 10.7. The molecule has 0 saturated carbocycles. The molecular weight excluding hydrogens is 255 g/mol. The fraction of sp³-hybridized carbons (Fsp3) is 0. The summed E-state index contributed by atoms with van der Waals surface area (Å²) in [4.78, 5) is 10.2. The second kappa shape index (κ2) is 4.23. The van der Waals surface area contributed by atoms with E-state index < -0.39 is 11.8 Å². The van der Waals surface area contributed by atoms with Crippen LogP contribution in [0.2, 0.25) is 0 Å². The Bertz CT molecular complexity index is 378. The Labute approximate surface area is 87.6 Å². The Morgan fingerprint density at radius 3 is 2.64 bits per heavy atom. The number of phenolic OH excluding ortho intramolecular Hbond substituents is 1. The molecule has 0 atom stereocenters. The second-order valence-electron chi connectivity index (χ2n) is 2.51. The van der Waals surface area contributed by atoms with Crippen molar-refractivity contribution < 1.29 is 19.4 Å². The first-order chi connectivity index (χ1) is 6.50. The molecule has 0 amide bonds. The van der Waals surface area contributed by atoms with Gasteiger partial charge < -0.3 is 10.2 Å². The smallest absolute Gasteiger partial charge is 0.328 e. The highest BCUT2D eigenvalue weighted by molar-refractivity contribution is 9.10. The molecule has 14 heavy (non-hydrogen) atoms. The zero-order valence-electron chi connectivity index (χ0n) is 6.87. The van der Waals surface area contributed by atoms with Crippen LogP contribution >= 0.6 is 15.9 Å². The lowest BCUT2D eigenvalue weighted by Gasteiger charge is -2.00. The summed E-state index contributed by atoms with van der Waals surface area (Å²) in [5, 5.41) is 17.5. The average Bonchev–Trinajstić information content (AvgIpc) is 2.10. The van der Waals surface area contributed by atoms with Gasteiger partial charge in [-0.05, 0) is 39.7 Å². The Morgan fingerprint density at radius 2 is 2.14 bits per heavy atom. The van der Waals surface area contributed by atoms with E-state index in [0.29, 0.717) is 0 Å². The van der Waals surface area contributed by atoms with E-state index in [0.717, 1.165) is 12.1 Å². The maximum absolute atomic E-state index is 13.0. The summed E-state index contributed by atoms with van der Waals surface area (Å²) < 4.78 is 12.9. The number of rotatable bonds is 2. The molecule has 0 aliphatic heterocycles. The van der Waals surface area contributed by atoms with Gasteiger partial charge in [0.15, 0.2) is 0 Å². The van der Waals surface area contributed by atoms with E-state index in [1.807, 2.05) is 0 Å². The number of benzene rings is 1. The summed E-state index contributed by atoms with van der Waals surface area (Å²) in [6.07, 6.45) is 2.06. The minimum absolute atomic E-state index is 0.0371. The van der Waals surface area contributed by atoms with Crippen LogP contribution in [0.3, 0.4) is 0 Å². The third-order valence-electron chi connectivity index (χ3n) is 1.45. The lowest BCUT2D eigenvalue weighted by atomic mass is 10.2. The predicted octanol–water partition coefficient (Wildman–Crippen LogP) is 2.39. The predicted molar refractivity (Wildman–Crippen MR) is 52.4 cm³/mol. The molecule has 0 aliphatic rings. The Balaban J connectivity index is 3.07. The van der Waals surface area contributed by atoms with Crippen molar-refractivity contribution in [2.45, 2.75) is 0 Å². The highest BCUT2D eigenvalue weighted by Crippen LogP contribution is 2.28. The first-order valence-electron chi connectivity index (χ1n) is 3.59. The number of aliphatic carboxylic acids is 1. The van der Waals surface area contributed by atoms with Crippen LogP contribution in [0.4, 0.5) is 4.39 Å². The van der Waals surface area contributed by atoms with E-state index in [2.05, 4.69) is 15.9 Å². The summed E-state index contributed by atoms with van der Waals surface area (Å²) in [6, 6.07) is 2.37. The third-order valence-corrected chi connectivity index (χ3v) is 2.23. The van der Waals surface area contributed by atoms with E-state index in [1.54, 1.807) is 0 Å². The van der Waals surface area contributed by atoms with E-state index >= 15 is 0 Å². The quantitative estimate of drug-likeness (QED) is 0.803. The second-order valence-corrected chi connectivity index (χ2v) is 3.30. The van der Waals surface area contributed by atoms with Crippen LogP contribution < -0.4 is 0 Å². The minimum Gasteiger partial charge on any atom is -0.507 e. The fourth-order valence-electron chi connectivity index (χ4n) is 0.859. The maximum atomic E-state index is 13.0. The molecule has 0 aromatic heterocycles. The van der Waals surface area contributed by atoms with Crippen molar-refractivity contribution >= 4 is 28.0 Å². The molecule has 1 aromatic rings. The molecule has 1 rings (SSSR count). The molecule has 0 saturated heterocycles. The molecule has 3 nitrogen and oxygen atoms in total. The molecule has 0 heterocycles. The zero-order valence-corrected chi connectivity index (χ0v) is 8.45. The van der Waals surface area contributed by atoms with E-state index in [1.165, 1.54) is 12.1 Å². The molecule has 0 aliphatic carbocycles. The summed E-state index contributed by atoms with van der Waals surface area (Å²) in [5.74, 6) is -2.04. The number of phenols is 1. The highest BCUT2D eigenvalue weighted by Gasteiger charge is 2.05. The van der Waals surface area contributed by atoms with Crippen LogP contribution in [0, 0.1) is 5.82 Å². The monoisotopic (exact) mass is 260 g/mol. The van der Waals surface area contributed by atoms with Gasteiger partial charge in [0.2, 0.25) is 0 Å². The molecule has 1 aromatic carbocycles. The number of carbonyl (C=O) groups is 1. The number of halogens is 2. The highest BCUT2D eigenvalue weighted by atomic mass is 79.9. The minimum atomic E-state index is -1.13. The van der Waals surface area contributed by atoms with E-state index in [-0.39, 0.29) is 15.8 Å². The van der Waals surface area contributed by atoms with Gasteiger partial charge in [0, 0.05) is 6.08 Å². The molecule has 0 unspecified atom stereocenters. The van der Waals surface area contributed by atoms with Crippen molar-refractivity contribution in [3.8, 4) is 5.75 Å². The van der Waals surface area contributed by atoms with Gasteiger partial charge in [-0.3, -0.25) is 0 Å². The number of carboxylic acids is 1. The molecular formula is C9H6BrFO3. The summed E-state index contributed by atoms with van der Waals surface area (Å²) in [6.45, 7) is 0. The molecule has 0 radical (unpaired) electrons. The normalized spacial score (nSPS) is 10.7. The SMILES string of the molecule is O=C(O)/C=C/c1cc(O)c(Br)c(F)c1. The molecule has 2 N–H and O–H groups in total. The van der Waals surface area contributed by atoms with Crippen molar-refractivity contribution in [3.63, 3.8) is 0 Å². The van der Waals surface area contributed by atoms with E-state index in [4.69, 9.17) is 5.11 Å². The van der Waals surface area contributed by atoms with Gasteiger partial charge in [0.05, 0.1) is 4.47 Å². The van der Waals surface area contributed by atoms with Gasteiger partial charge in [0.25, 0.3) is 0 Å². The van der Waals surface area contributed by atoms with Crippen LogP contribution in [-0.2, 0) is 4.79 Å². The summed E-state index contributed by atoms with van der Waals surface area (Å²) in [5.41, 5.74) is 0.283. The fourth-order valence-corrected chi connectivity index (χ4v) is 1.09. The van der Waals surface area contributed by atoms with Crippen molar-refractivity contribution in [1.82, 2.24) is 0 Å². The third kappa shape index (κ3) is 2.56. The summed E-state index contributed by atoms with van der Waals surface area (Å²) in [7, 11) is 0. The van der Waals surface area contributed by atoms with Gasteiger partial charge >= 0.3 is 5.97 Å². The molecule has 0 bridgehead atoms. The van der Waals surface area contributed by atoms with Gasteiger partial charge in [-0.2, -0.15) is 0 Å². The van der Waals surface area contributed by atoms with Crippen LogP contribution in [0.25, 0.3) is 6.08 Å². The molecule has 74 valence electrons. The number of aromatic hydroxyl groups is 1. The number of hydrogen-bond donors (Lipinski definition) is 2. The summed E-state index contributed by atoms with van der Waals surface area (Å²) >= 11 is 2.83. The standard InChI is InChI=1S/C9H6BrFO3/c10-9-6(11)3-5(4-7(9)12)1-2-8(13)14/h1-4,12H,(H,13,14)/b2-1+. The number of carboxylic acid groups (broad SMARTS) is 1. The molecule has 0 fully saturated rings. The van der Waals surface area contributed by atoms with Crippen LogP contribution in [0.15, 0.2) is 22.7 Å². The van der Waals surface area contributed by atoms with Crippen molar-refractivity contribution in [3.05, 3.63) is 34.1 Å². The topological polar surface area (TPSA) is 57.5 Å². The zero-order chi connectivity index (χ0) is 10.7. The number of hydrogen-bond acceptors (Lipinski definition) is 2. The van der Waals surface area contributed by atoms with E-state index in [9.17, 15) is 14.3 Å². The largest absolute Gasteiger partial charge is 0.507 e. The maximum Gasteiger partial charge on any atom is 0.328 e.